The lowest BCUT2D eigenvalue weighted by atomic mass is 9.82. The Morgan fingerprint density at radius 3 is 2.32 bits per heavy atom. The summed E-state index contributed by atoms with van der Waals surface area (Å²) in [4.78, 5) is 13.5. The summed E-state index contributed by atoms with van der Waals surface area (Å²) in [5.74, 6) is 0. The van der Waals surface area contributed by atoms with E-state index in [0.717, 1.165) is 32.4 Å². The number of amides is 1. The minimum absolute atomic E-state index is 0. The van der Waals surface area contributed by atoms with Gasteiger partial charge in [0.05, 0.1) is 6.61 Å². The second-order valence-corrected chi connectivity index (χ2v) is 5.38. The molecule has 1 heterocycles. The van der Waals surface area contributed by atoms with E-state index in [1.807, 2.05) is 24.9 Å². The summed E-state index contributed by atoms with van der Waals surface area (Å²) in [5, 5.41) is 3.48. The first kappa shape index (κ1) is 21.0. The third-order valence-corrected chi connectivity index (χ3v) is 4.16. The number of benzene rings is 1. The van der Waals surface area contributed by atoms with Crippen LogP contribution < -0.4 is 5.32 Å². The number of nitrogens with one attached hydrogen (secondary N) is 1. The molecule has 0 aromatic heterocycles. The molecule has 0 spiro atoms. The summed E-state index contributed by atoms with van der Waals surface area (Å²) in [6.07, 6.45) is 2.73. The van der Waals surface area contributed by atoms with Crippen molar-refractivity contribution in [3.8, 4) is 0 Å². The largest absolute Gasteiger partial charge is 0.450 e. The van der Waals surface area contributed by atoms with Crippen LogP contribution in [-0.4, -0.2) is 43.3 Å². The van der Waals surface area contributed by atoms with E-state index in [9.17, 15) is 4.79 Å². The first-order chi connectivity index (χ1) is 9.69. The van der Waals surface area contributed by atoms with E-state index in [1.165, 1.54) is 5.56 Å². The Kier molecular flexibility index (Phi) is 9.49. The quantitative estimate of drug-likeness (QED) is 0.907. The number of likely N-dealkylation sites (N-methyl/N-ethyl adjacent to an activating group) is 1. The van der Waals surface area contributed by atoms with E-state index in [0.29, 0.717) is 6.61 Å². The van der Waals surface area contributed by atoms with Crippen LogP contribution >= 0.6 is 24.8 Å². The number of rotatable bonds is 4. The number of ether oxygens (including phenoxy) is 1. The second-order valence-electron chi connectivity index (χ2n) is 5.38. The lowest BCUT2D eigenvalue weighted by Gasteiger charge is -2.41. The number of hydrogen-bond donors (Lipinski definition) is 1. The molecule has 0 atom stereocenters. The average Bonchev–Trinajstić information content (AvgIpc) is 2.49. The third-order valence-electron chi connectivity index (χ3n) is 4.16. The summed E-state index contributed by atoms with van der Waals surface area (Å²) in [7, 11) is 2.02. The normalized spacial score (nSPS) is 16.2. The maximum absolute atomic E-state index is 11.7. The van der Waals surface area contributed by atoms with Crippen molar-refractivity contribution in [2.24, 2.45) is 0 Å². The van der Waals surface area contributed by atoms with E-state index in [2.05, 4.69) is 29.6 Å². The highest BCUT2D eigenvalue weighted by atomic mass is 35.5. The van der Waals surface area contributed by atoms with Crippen LogP contribution in [0, 0.1) is 0 Å². The van der Waals surface area contributed by atoms with Crippen LogP contribution in [0.2, 0.25) is 0 Å². The molecule has 0 bridgehead atoms. The highest BCUT2D eigenvalue weighted by molar-refractivity contribution is 5.85. The number of carbonyl (C=O) groups excluding carboxylic acids is 1. The van der Waals surface area contributed by atoms with Crippen LogP contribution in [0.4, 0.5) is 4.79 Å². The van der Waals surface area contributed by atoms with Gasteiger partial charge in [-0.05, 0) is 38.8 Å². The van der Waals surface area contributed by atoms with E-state index in [4.69, 9.17) is 4.74 Å². The first-order valence-electron chi connectivity index (χ1n) is 7.33. The zero-order valence-corrected chi connectivity index (χ0v) is 14.8. The topological polar surface area (TPSA) is 41.6 Å². The molecule has 1 N–H and O–H groups in total. The predicted molar refractivity (Wildman–Crippen MR) is 94.3 cm³/mol. The Balaban J connectivity index is 0.00000220. The zero-order valence-electron chi connectivity index (χ0n) is 13.2. The number of likely N-dealkylation sites (tertiary alicyclic amines) is 1. The van der Waals surface area contributed by atoms with Crippen molar-refractivity contribution >= 4 is 30.9 Å². The van der Waals surface area contributed by atoms with Crippen molar-refractivity contribution in [2.45, 2.75) is 31.7 Å². The smallest absolute Gasteiger partial charge is 0.409 e. The SMILES string of the molecule is CCOC(=O)N1CCC(Cc2ccccc2)(NC)CC1.Cl.Cl. The molecule has 1 amide bonds. The van der Waals surface area contributed by atoms with Gasteiger partial charge in [-0.3, -0.25) is 0 Å². The maximum atomic E-state index is 11.7. The number of carbonyl (C=O) groups is 1. The lowest BCUT2D eigenvalue weighted by Crippen LogP contribution is -2.54. The molecule has 1 aliphatic rings. The van der Waals surface area contributed by atoms with E-state index < -0.39 is 0 Å². The number of halogens is 2. The monoisotopic (exact) mass is 348 g/mol. The Morgan fingerprint density at radius 2 is 1.82 bits per heavy atom. The van der Waals surface area contributed by atoms with Gasteiger partial charge in [-0.1, -0.05) is 30.3 Å². The molecular weight excluding hydrogens is 323 g/mol. The van der Waals surface area contributed by atoms with Crippen molar-refractivity contribution in [1.29, 1.82) is 0 Å². The lowest BCUT2D eigenvalue weighted by molar-refractivity contribution is 0.0819. The Morgan fingerprint density at radius 1 is 1.23 bits per heavy atom. The van der Waals surface area contributed by atoms with E-state index >= 15 is 0 Å². The minimum atomic E-state index is -0.183. The molecule has 2 rings (SSSR count). The fourth-order valence-electron chi connectivity index (χ4n) is 2.83. The molecule has 0 aliphatic carbocycles. The summed E-state index contributed by atoms with van der Waals surface area (Å²) in [6, 6.07) is 10.5. The number of hydrogen-bond acceptors (Lipinski definition) is 3. The van der Waals surface area contributed by atoms with Crippen LogP contribution in [0.3, 0.4) is 0 Å². The zero-order chi connectivity index (χ0) is 14.4. The highest BCUT2D eigenvalue weighted by Crippen LogP contribution is 2.26. The van der Waals surface area contributed by atoms with Crippen molar-refractivity contribution < 1.29 is 9.53 Å². The molecule has 1 aromatic carbocycles. The van der Waals surface area contributed by atoms with E-state index in [-0.39, 0.29) is 36.4 Å². The molecule has 0 unspecified atom stereocenters. The fraction of sp³-hybridized carbons (Fsp3) is 0.562. The molecule has 22 heavy (non-hydrogen) atoms. The Labute approximate surface area is 145 Å². The van der Waals surface area contributed by atoms with Gasteiger partial charge in [0.1, 0.15) is 0 Å². The molecule has 126 valence electrons. The Bertz CT molecular complexity index is 435. The molecule has 6 heteroatoms. The summed E-state index contributed by atoms with van der Waals surface area (Å²) >= 11 is 0. The molecule has 4 nitrogen and oxygen atoms in total. The van der Waals surface area contributed by atoms with Crippen LogP contribution in [0.5, 0.6) is 0 Å². The van der Waals surface area contributed by atoms with Crippen LogP contribution in [0.1, 0.15) is 25.3 Å². The minimum Gasteiger partial charge on any atom is -0.450 e. The molecule has 1 aromatic rings. The number of piperidine rings is 1. The maximum Gasteiger partial charge on any atom is 0.409 e. The van der Waals surface area contributed by atoms with Crippen LogP contribution in [-0.2, 0) is 11.2 Å². The molecule has 1 aliphatic heterocycles. The second kappa shape index (κ2) is 9.93. The predicted octanol–water partition coefficient (Wildman–Crippen LogP) is 3.28. The number of nitrogens with zero attached hydrogens (tertiary/aromatic N) is 1. The highest BCUT2D eigenvalue weighted by Gasteiger charge is 2.35. The van der Waals surface area contributed by atoms with Crippen molar-refractivity contribution in [3.63, 3.8) is 0 Å². The Hall–Kier alpha value is -0.970. The summed E-state index contributed by atoms with van der Waals surface area (Å²) in [6.45, 7) is 3.80. The van der Waals surface area contributed by atoms with Gasteiger partial charge in [0.25, 0.3) is 0 Å². The van der Waals surface area contributed by atoms with E-state index in [1.54, 1.807) is 0 Å². The van der Waals surface area contributed by atoms with Crippen molar-refractivity contribution in [2.75, 3.05) is 26.7 Å². The average molecular weight is 349 g/mol. The standard InChI is InChI=1S/C16H24N2O2.2ClH/c1-3-20-15(19)18-11-9-16(17-2,10-12-18)13-14-7-5-4-6-8-14;;/h4-8,17H,3,9-13H2,1-2H3;2*1H. The fourth-order valence-corrected chi connectivity index (χ4v) is 2.83. The molecule has 1 saturated heterocycles. The molecule has 1 fully saturated rings. The van der Waals surface area contributed by atoms with Gasteiger partial charge in [0, 0.05) is 18.6 Å². The third kappa shape index (κ3) is 5.34. The molecular formula is C16H26Cl2N2O2. The molecule has 0 saturated carbocycles. The molecule has 0 radical (unpaired) electrons. The van der Waals surface area contributed by atoms with Gasteiger partial charge in [-0.15, -0.1) is 24.8 Å². The van der Waals surface area contributed by atoms with Gasteiger partial charge in [0.2, 0.25) is 0 Å². The van der Waals surface area contributed by atoms with Gasteiger partial charge < -0.3 is 15.0 Å². The van der Waals surface area contributed by atoms with Crippen molar-refractivity contribution in [3.05, 3.63) is 35.9 Å². The van der Waals surface area contributed by atoms with Gasteiger partial charge in [0.15, 0.2) is 0 Å². The summed E-state index contributed by atoms with van der Waals surface area (Å²) in [5.41, 5.74) is 1.43. The van der Waals surface area contributed by atoms with Gasteiger partial charge in [-0.25, -0.2) is 4.79 Å². The van der Waals surface area contributed by atoms with Crippen molar-refractivity contribution in [1.82, 2.24) is 10.2 Å². The summed E-state index contributed by atoms with van der Waals surface area (Å²) < 4.78 is 5.07. The van der Waals surface area contributed by atoms with Gasteiger partial charge >= 0.3 is 6.09 Å². The van der Waals surface area contributed by atoms with Crippen LogP contribution in [0.15, 0.2) is 30.3 Å². The van der Waals surface area contributed by atoms with Crippen LogP contribution in [0.25, 0.3) is 0 Å². The first-order valence-corrected chi connectivity index (χ1v) is 7.33. The van der Waals surface area contributed by atoms with Gasteiger partial charge in [-0.2, -0.15) is 0 Å².